The van der Waals surface area contributed by atoms with Crippen LogP contribution in [0.1, 0.15) is 39.5 Å². The van der Waals surface area contributed by atoms with E-state index in [1.165, 1.54) is 6.42 Å². The summed E-state index contributed by atoms with van der Waals surface area (Å²) in [4.78, 5) is 10.6. The second-order valence-corrected chi connectivity index (χ2v) is 4.52. The summed E-state index contributed by atoms with van der Waals surface area (Å²) in [5.41, 5.74) is -0.269. The SMILES string of the molecule is CC(C)(C=O)CCOC1CCCCO1. The van der Waals surface area contributed by atoms with Crippen molar-refractivity contribution in [3.63, 3.8) is 0 Å². The number of carbonyl (C=O) groups is 1. The van der Waals surface area contributed by atoms with Crippen molar-refractivity contribution in [2.75, 3.05) is 13.2 Å². The molecule has 1 fully saturated rings. The van der Waals surface area contributed by atoms with Crippen molar-refractivity contribution in [2.45, 2.75) is 45.8 Å². The third kappa shape index (κ3) is 4.20. The first kappa shape index (κ1) is 11.7. The van der Waals surface area contributed by atoms with Crippen molar-refractivity contribution in [2.24, 2.45) is 5.41 Å². The fourth-order valence-electron chi connectivity index (χ4n) is 1.35. The highest BCUT2D eigenvalue weighted by molar-refractivity contribution is 5.57. The van der Waals surface area contributed by atoms with Gasteiger partial charge in [0.05, 0.1) is 6.61 Å². The van der Waals surface area contributed by atoms with Crippen LogP contribution in [-0.2, 0) is 14.3 Å². The van der Waals surface area contributed by atoms with Crippen LogP contribution in [0.5, 0.6) is 0 Å². The number of hydrogen-bond acceptors (Lipinski definition) is 3. The van der Waals surface area contributed by atoms with Crippen LogP contribution < -0.4 is 0 Å². The summed E-state index contributed by atoms with van der Waals surface area (Å²) in [6.45, 7) is 5.26. The van der Waals surface area contributed by atoms with Crippen LogP contribution in [0.3, 0.4) is 0 Å². The number of rotatable bonds is 5. The Bertz CT molecular complexity index is 171. The van der Waals surface area contributed by atoms with Gasteiger partial charge in [-0.2, -0.15) is 0 Å². The minimum absolute atomic E-state index is 0.0359. The zero-order valence-electron chi connectivity index (χ0n) is 9.12. The molecule has 3 nitrogen and oxygen atoms in total. The summed E-state index contributed by atoms with van der Waals surface area (Å²) in [5.74, 6) is 0. The lowest BCUT2D eigenvalue weighted by atomic mass is 9.92. The van der Waals surface area contributed by atoms with Crippen molar-refractivity contribution in [1.82, 2.24) is 0 Å². The van der Waals surface area contributed by atoms with Gasteiger partial charge < -0.3 is 14.3 Å². The second kappa shape index (κ2) is 5.47. The monoisotopic (exact) mass is 200 g/mol. The summed E-state index contributed by atoms with van der Waals surface area (Å²) >= 11 is 0. The number of hydrogen-bond donors (Lipinski definition) is 0. The van der Waals surface area contributed by atoms with Crippen molar-refractivity contribution in [1.29, 1.82) is 0 Å². The molecule has 1 aliphatic rings. The molecular weight excluding hydrogens is 180 g/mol. The first-order valence-corrected chi connectivity index (χ1v) is 5.33. The Morgan fingerprint density at radius 3 is 2.86 bits per heavy atom. The maximum Gasteiger partial charge on any atom is 0.157 e. The van der Waals surface area contributed by atoms with Gasteiger partial charge in [0.2, 0.25) is 0 Å². The predicted octanol–water partition coefficient (Wildman–Crippen LogP) is 2.14. The minimum atomic E-state index is -0.269. The second-order valence-electron chi connectivity index (χ2n) is 4.52. The Labute approximate surface area is 85.8 Å². The molecule has 1 heterocycles. The van der Waals surface area contributed by atoms with Crippen LogP contribution in [0, 0.1) is 5.41 Å². The first-order valence-electron chi connectivity index (χ1n) is 5.33. The Kier molecular flexibility index (Phi) is 4.55. The lowest BCUT2D eigenvalue weighted by Crippen LogP contribution is -2.25. The van der Waals surface area contributed by atoms with Gasteiger partial charge >= 0.3 is 0 Å². The van der Waals surface area contributed by atoms with Gasteiger partial charge in [0.15, 0.2) is 6.29 Å². The van der Waals surface area contributed by atoms with Gasteiger partial charge in [-0.15, -0.1) is 0 Å². The van der Waals surface area contributed by atoms with Gasteiger partial charge in [-0.05, 0) is 25.7 Å². The van der Waals surface area contributed by atoms with Gasteiger partial charge in [-0.25, -0.2) is 0 Å². The Hall–Kier alpha value is -0.410. The molecule has 1 unspecified atom stereocenters. The summed E-state index contributed by atoms with van der Waals surface area (Å²) < 4.78 is 11.0. The summed E-state index contributed by atoms with van der Waals surface area (Å²) in [7, 11) is 0. The molecule has 0 spiro atoms. The quantitative estimate of drug-likeness (QED) is 0.638. The third-order valence-electron chi connectivity index (χ3n) is 2.51. The number of aldehydes is 1. The first-order chi connectivity index (χ1) is 6.64. The third-order valence-corrected chi connectivity index (χ3v) is 2.51. The van der Waals surface area contributed by atoms with Gasteiger partial charge in [0, 0.05) is 12.0 Å². The molecular formula is C11H20O3. The molecule has 0 amide bonds. The fraction of sp³-hybridized carbons (Fsp3) is 0.909. The van der Waals surface area contributed by atoms with Crippen molar-refractivity contribution in [3.05, 3.63) is 0 Å². The lowest BCUT2D eigenvalue weighted by Gasteiger charge is -2.24. The van der Waals surface area contributed by atoms with Gasteiger partial charge in [0.1, 0.15) is 6.29 Å². The van der Waals surface area contributed by atoms with Crippen molar-refractivity contribution < 1.29 is 14.3 Å². The van der Waals surface area contributed by atoms with E-state index in [1.807, 2.05) is 13.8 Å². The van der Waals surface area contributed by atoms with E-state index in [0.717, 1.165) is 32.2 Å². The molecule has 14 heavy (non-hydrogen) atoms. The van der Waals surface area contributed by atoms with Crippen LogP contribution in [0.25, 0.3) is 0 Å². The standard InChI is InChI=1S/C11H20O3/c1-11(2,9-12)6-8-14-10-5-3-4-7-13-10/h9-10H,3-8H2,1-2H3. The van der Waals surface area contributed by atoms with Gasteiger partial charge in [0.25, 0.3) is 0 Å². The van der Waals surface area contributed by atoms with E-state index in [2.05, 4.69) is 0 Å². The fourth-order valence-corrected chi connectivity index (χ4v) is 1.35. The van der Waals surface area contributed by atoms with E-state index in [1.54, 1.807) is 0 Å². The van der Waals surface area contributed by atoms with Crippen LogP contribution in [0.4, 0.5) is 0 Å². The maximum absolute atomic E-state index is 10.6. The highest BCUT2D eigenvalue weighted by Gasteiger charge is 2.18. The molecule has 0 bridgehead atoms. The van der Waals surface area contributed by atoms with Crippen LogP contribution in [0.2, 0.25) is 0 Å². The smallest absolute Gasteiger partial charge is 0.157 e. The molecule has 3 heteroatoms. The maximum atomic E-state index is 10.6. The van der Waals surface area contributed by atoms with Crippen LogP contribution >= 0.6 is 0 Å². The molecule has 1 saturated heterocycles. The molecule has 0 aliphatic carbocycles. The summed E-state index contributed by atoms with van der Waals surface area (Å²) in [6.07, 6.45) is 5.02. The zero-order chi connectivity index (χ0) is 10.4. The van der Waals surface area contributed by atoms with Crippen molar-refractivity contribution >= 4 is 6.29 Å². The normalized spacial score (nSPS) is 23.4. The molecule has 0 saturated carbocycles. The Morgan fingerprint density at radius 1 is 1.50 bits per heavy atom. The Morgan fingerprint density at radius 2 is 2.29 bits per heavy atom. The molecule has 1 atom stereocenters. The predicted molar refractivity (Wildman–Crippen MR) is 54.0 cm³/mol. The molecule has 0 N–H and O–H groups in total. The van der Waals surface area contributed by atoms with Crippen LogP contribution in [-0.4, -0.2) is 25.8 Å². The number of carbonyl (C=O) groups excluding carboxylic acids is 1. The zero-order valence-corrected chi connectivity index (χ0v) is 9.12. The minimum Gasteiger partial charge on any atom is -0.353 e. The molecule has 0 aromatic heterocycles. The van der Waals surface area contributed by atoms with Gasteiger partial charge in [-0.1, -0.05) is 13.8 Å². The lowest BCUT2D eigenvalue weighted by molar-refractivity contribution is -0.166. The molecule has 0 aromatic rings. The van der Waals surface area contributed by atoms with Gasteiger partial charge in [-0.3, -0.25) is 0 Å². The number of ether oxygens (including phenoxy) is 2. The molecule has 0 radical (unpaired) electrons. The summed E-state index contributed by atoms with van der Waals surface area (Å²) in [6, 6.07) is 0. The largest absolute Gasteiger partial charge is 0.353 e. The van der Waals surface area contributed by atoms with E-state index >= 15 is 0 Å². The summed E-state index contributed by atoms with van der Waals surface area (Å²) in [5, 5.41) is 0. The molecule has 0 aromatic carbocycles. The van der Waals surface area contributed by atoms with E-state index < -0.39 is 0 Å². The van der Waals surface area contributed by atoms with E-state index in [0.29, 0.717) is 6.61 Å². The van der Waals surface area contributed by atoms with E-state index in [4.69, 9.17) is 9.47 Å². The molecule has 82 valence electrons. The Balaban J connectivity index is 2.11. The highest BCUT2D eigenvalue weighted by atomic mass is 16.7. The van der Waals surface area contributed by atoms with E-state index in [-0.39, 0.29) is 11.7 Å². The van der Waals surface area contributed by atoms with E-state index in [9.17, 15) is 4.79 Å². The average molecular weight is 200 g/mol. The molecule has 1 aliphatic heterocycles. The molecule has 1 rings (SSSR count). The van der Waals surface area contributed by atoms with Crippen LogP contribution in [0.15, 0.2) is 0 Å². The average Bonchev–Trinajstić information content (AvgIpc) is 2.19. The highest BCUT2D eigenvalue weighted by Crippen LogP contribution is 2.19. The topological polar surface area (TPSA) is 35.5 Å². The van der Waals surface area contributed by atoms with Crippen molar-refractivity contribution in [3.8, 4) is 0 Å².